The van der Waals surface area contributed by atoms with Gasteiger partial charge in [0.25, 0.3) is 5.91 Å². The number of nitrogens with zero attached hydrogens (tertiary/aromatic N) is 1. The maximum Gasteiger partial charge on any atom is 0.255 e. The largest absolute Gasteiger partial charge is 0.495 e. The second-order valence-corrected chi connectivity index (χ2v) is 5.54. The van der Waals surface area contributed by atoms with Crippen LogP contribution in [0.25, 0.3) is 23.1 Å². The van der Waals surface area contributed by atoms with Crippen LogP contribution in [0.1, 0.15) is 21.6 Å². The lowest BCUT2D eigenvalue weighted by Crippen LogP contribution is -2.26. The Bertz CT molecular complexity index is 949. The monoisotopic (exact) mass is 355 g/mol. The van der Waals surface area contributed by atoms with Crippen molar-refractivity contribution in [3.8, 4) is 5.75 Å². The molecule has 3 N–H and O–H groups in total. The predicted octanol–water partition coefficient (Wildman–Crippen LogP) is 2.60. The second kappa shape index (κ2) is 7.79. The Hall–Kier alpha value is -3.19. The van der Waals surface area contributed by atoms with Crippen molar-refractivity contribution in [2.75, 3.05) is 20.3 Å². The van der Waals surface area contributed by atoms with E-state index < -0.39 is 0 Å². The Balaban J connectivity index is 2.01. The molecule has 6 nitrogen and oxygen atoms in total. The lowest BCUT2D eigenvalue weighted by atomic mass is 10.1. The van der Waals surface area contributed by atoms with Crippen LogP contribution < -0.4 is 10.1 Å². The molecule has 134 valence electrons. The molecule has 3 aromatic rings. The van der Waals surface area contributed by atoms with Crippen molar-refractivity contribution in [3.05, 3.63) is 59.0 Å². The number of rotatable bonds is 6. The third-order valence-corrected chi connectivity index (χ3v) is 3.86. The topological polar surface area (TPSA) is 87.2 Å². The van der Waals surface area contributed by atoms with Crippen molar-refractivity contribution in [2.45, 2.75) is 0 Å². The van der Waals surface area contributed by atoms with Gasteiger partial charge in [-0.3, -0.25) is 9.89 Å². The summed E-state index contributed by atoms with van der Waals surface area (Å²) in [5, 5.41) is 19.3. The highest BCUT2D eigenvalue weighted by atomic mass is 19.1. The molecule has 2 aromatic carbocycles. The van der Waals surface area contributed by atoms with E-state index in [9.17, 15) is 9.18 Å². The van der Waals surface area contributed by atoms with Crippen LogP contribution in [-0.4, -0.2) is 41.5 Å². The lowest BCUT2D eigenvalue weighted by molar-refractivity contribution is 0.0942. The van der Waals surface area contributed by atoms with E-state index in [-0.39, 0.29) is 24.9 Å². The molecule has 0 fully saturated rings. The van der Waals surface area contributed by atoms with Crippen molar-refractivity contribution in [3.63, 3.8) is 0 Å². The molecule has 0 atom stereocenters. The molecular weight excluding hydrogens is 337 g/mol. The van der Waals surface area contributed by atoms with Crippen LogP contribution in [-0.2, 0) is 0 Å². The van der Waals surface area contributed by atoms with Crippen LogP contribution in [0.15, 0.2) is 36.4 Å². The summed E-state index contributed by atoms with van der Waals surface area (Å²) in [6, 6.07) is 9.46. The number of carbonyl (C=O) groups excluding carboxylic acids is 1. The number of fused-ring (bicyclic) bond motifs is 1. The van der Waals surface area contributed by atoms with Crippen molar-refractivity contribution in [2.24, 2.45) is 0 Å². The molecule has 0 aliphatic rings. The first-order valence-electron chi connectivity index (χ1n) is 8.02. The summed E-state index contributed by atoms with van der Waals surface area (Å²) in [5.74, 6) is -0.245. The first-order chi connectivity index (χ1) is 12.6. The summed E-state index contributed by atoms with van der Waals surface area (Å²) in [6.45, 7) is 0.0103. The minimum Gasteiger partial charge on any atom is -0.495 e. The molecule has 0 saturated carbocycles. The van der Waals surface area contributed by atoms with Gasteiger partial charge in [0.1, 0.15) is 11.6 Å². The van der Waals surface area contributed by atoms with Gasteiger partial charge in [-0.25, -0.2) is 4.39 Å². The Morgan fingerprint density at radius 1 is 1.27 bits per heavy atom. The van der Waals surface area contributed by atoms with Gasteiger partial charge in [0.2, 0.25) is 0 Å². The molecule has 7 heteroatoms. The lowest BCUT2D eigenvalue weighted by Gasteiger charge is -2.10. The van der Waals surface area contributed by atoms with Gasteiger partial charge in [-0.05, 0) is 35.9 Å². The Kier molecular flexibility index (Phi) is 5.28. The number of benzene rings is 2. The number of aliphatic hydroxyl groups excluding tert-OH is 1. The summed E-state index contributed by atoms with van der Waals surface area (Å²) in [5.41, 5.74) is 2.49. The van der Waals surface area contributed by atoms with Gasteiger partial charge in [-0.1, -0.05) is 18.2 Å². The van der Waals surface area contributed by atoms with Gasteiger partial charge in [-0.15, -0.1) is 0 Å². The van der Waals surface area contributed by atoms with Crippen molar-refractivity contribution in [1.82, 2.24) is 15.5 Å². The Labute approximate surface area is 149 Å². The van der Waals surface area contributed by atoms with E-state index >= 15 is 0 Å². The van der Waals surface area contributed by atoms with E-state index in [2.05, 4.69) is 15.5 Å². The molecule has 0 saturated heterocycles. The number of hydrogen-bond acceptors (Lipinski definition) is 4. The van der Waals surface area contributed by atoms with Gasteiger partial charge >= 0.3 is 0 Å². The van der Waals surface area contributed by atoms with E-state index in [0.717, 1.165) is 11.1 Å². The number of aromatic amines is 1. The van der Waals surface area contributed by atoms with Gasteiger partial charge in [-0.2, -0.15) is 5.10 Å². The molecule has 26 heavy (non-hydrogen) atoms. The minimum atomic E-state index is -0.340. The molecular formula is C19H18FN3O3. The maximum absolute atomic E-state index is 13.0. The quantitative estimate of drug-likeness (QED) is 0.634. The van der Waals surface area contributed by atoms with Gasteiger partial charge in [0, 0.05) is 6.54 Å². The van der Waals surface area contributed by atoms with Gasteiger partial charge in [0.15, 0.2) is 0 Å². The fraction of sp³-hybridized carbons (Fsp3) is 0.158. The Morgan fingerprint density at radius 3 is 2.73 bits per heavy atom. The zero-order chi connectivity index (χ0) is 18.5. The molecule has 0 spiro atoms. The minimum absolute atomic E-state index is 0.145. The summed E-state index contributed by atoms with van der Waals surface area (Å²) in [6.07, 6.45) is 3.57. The average molecular weight is 355 g/mol. The molecule has 0 unspecified atom stereocenters. The number of nitrogens with one attached hydrogen (secondary N) is 2. The summed E-state index contributed by atoms with van der Waals surface area (Å²) in [7, 11) is 1.48. The summed E-state index contributed by atoms with van der Waals surface area (Å²) in [4.78, 5) is 12.3. The number of carbonyl (C=O) groups is 1. The number of methoxy groups -OCH3 is 1. The first-order valence-corrected chi connectivity index (χ1v) is 8.02. The number of halogens is 1. The molecule has 1 amide bonds. The van der Waals surface area contributed by atoms with Crippen molar-refractivity contribution < 1.29 is 19.0 Å². The third-order valence-electron chi connectivity index (χ3n) is 3.86. The molecule has 0 aliphatic heterocycles. The fourth-order valence-corrected chi connectivity index (χ4v) is 2.63. The standard InChI is InChI=1S/C19H18FN3O3/c1-26-18-14(19(25)21-10-11-24)7-9-16-17(18)15(22-23-16)8-4-12-2-5-13(20)6-3-12/h2-9,24H,10-11H2,1H3,(H,21,25)(H,22,23). The summed E-state index contributed by atoms with van der Waals surface area (Å²) >= 11 is 0. The number of aliphatic hydroxyl groups is 1. The van der Waals surface area contributed by atoms with Crippen LogP contribution in [0.5, 0.6) is 5.75 Å². The highest BCUT2D eigenvalue weighted by Gasteiger charge is 2.18. The predicted molar refractivity (Wildman–Crippen MR) is 97.4 cm³/mol. The van der Waals surface area contributed by atoms with Crippen molar-refractivity contribution >= 4 is 29.0 Å². The molecule has 3 rings (SSSR count). The van der Waals surface area contributed by atoms with E-state index in [1.165, 1.54) is 19.2 Å². The molecule has 1 aromatic heterocycles. The van der Waals surface area contributed by atoms with Crippen molar-refractivity contribution in [1.29, 1.82) is 0 Å². The van der Waals surface area contributed by atoms with E-state index in [1.807, 2.05) is 0 Å². The zero-order valence-corrected chi connectivity index (χ0v) is 14.1. The maximum atomic E-state index is 13.0. The smallest absolute Gasteiger partial charge is 0.255 e. The normalized spacial score (nSPS) is 11.2. The third kappa shape index (κ3) is 3.57. The Morgan fingerprint density at radius 2 is 2.04 bits per heavy atom. The molecule has 1 heterocycles. The zero-order valence-electron chi connectivity index (χ0n) is 14.1. The van der Waals surface area contributed by atoms with E-state index in [4.69, 9.17) is 9.84 Å². The number of amides is 1. The SMILES string of the molecule is COc1c(C(=O)NCCO)ccc2[nH]nc(C=Cc3ccc(F)cc3)c12. The fourth-order valence-electron chi connectivity index (χ4n) is 2.63. The first kappa shape index (κ1) is 17.6. The number of aromatic nitrogens is 2. The van der Waals surface area contributed by atoms with Crippen LogP contribution in [0.3, 0.4) is 0 Å². The van der Waals surface area contributed by atoms with Crippen LogP contribution in [0.4, 0.5) is 4.39 Å². The van der Waals surface area contributed by atoms with E-state index in [0.29, 0.717) is 22.4 Å². The molecule has 0 bridgehead atoms. The van der Waals surface area contributed by atoms with E-state index in [1.54, 1.807) is 36.4 Å². The number of ether oxygens (including phenoxy) is 1. The summed E-state index contributed by atoms with van der Waals surface area (Å²) < 4.78 is 18.5. The number of H-pyrrole nitrogens is 1. The van der Waals surface area contributed by atoms with Crippen LogP contribution >= 0.6 is 0 Å². The highest BCUT2D eigenvalue weighted by molar-refractivity contribution is 6.05. The van der Waals surface area contributed by atoms with Gasteiger partial charge in [0.05, 0.1) is 35.9 Å². The average Bonchev–Trinajstić information content (AvgIpc) is 3.08. The highest BCUT2D eigenvalue weighted by Crippen LogP contribution is 2.32. The van der Waals surface area contributed by atoms with Gasteiger partial charge < -0.3 is 15.2 Å². The molecule has 0 radical (unpaired) electrons. The van der Waals surface area contributed by atoms with Crippen LogP contribution in [0, 0.1) is 5.82 Å². The molecule has 0 aliphatic carbocycles. The van der Waals surface area contributed by atoms with Crippen LogP contribution in [0.2, 0.25) is 0 Å². The second-order valence-electron chi connectivity index (χ2n) is 5.54. The number of hydrogen-bond donors (Lipinski definition) is 3.